The topological polar surface area (TPSA) is 55.8 Å². The van der Waals surface area contributed by atoms with E-state index in [-0.39, 0.29) is 12.6 Å². The summed E-state index contributed by atoms with van der Waals surface area (Å²) in [5.74, 6) is 0. The first-order chi connectivity index (χ1) is 11.7. The number of nitrogens with zero attached hydrogens (tertiary/aromatic N) is 2. The maximum Gasteiger partial charge on any atom is 0.317 e. The number of carbonyl (C=O) groups is 1. The smallest absolute Gasteiger partial charge is 0.317 e. The molecule has 1 aliphatic rings. The van der Waals surface area contributed by atoms with Crippen LogP contribution in [0.4, 0.5) is 4.79 Å². The van der Waals surface area contributed by atoms with E-state index in [9.17, 15) is 4.79 Å². The first-order valence-electron chi connectivity index (χ1n) is 8.21. The number of fused-ring (bicyclic) bond motifs is 1. The summed E-state index contributed by atoms with van der Waals surface area (Å²) in [5, 5.41) is 13.6. The fraction of sp³-hybridized carbons (Fsp3) is 0.471. The fourth-order valence-electron chi connectivity index (χ4n) is 2.91. The molecule has 1 fully saturated rings. The summed E-state index contributed by atoms with van der Waals surface area (Å²) in [6, 6.07) is 7.98. The molecule has 2 N–H and O–H groups in total. The Hall–Kier alpha value is -1.34. The van der Waals surface area contributed by atoms with E-state index in [4.69, 9.17) is 16.7 Å². The number of aliphatic hydroxyl groups excluding tert-OH is 1. The highest BCUT2D eigenvalue weighted by atomic mass is 35.5. The quantitative estimate of drug-likeness (QED) is 0.854. The van der Waals surface area contributed by atoms with E-state index >= 15 is 0 Å². The van der Waals surface area contributed by atoms with Crippen molar-refractivity contribution in [2.24, 2.45) is 0 Å². The lowest BCUT2D eigenvalue weighted by atomic mass is 10.2. The molecule has 1 saturated heterocycles. The normalized spacial score (nSPS) is 15.8. The summed E-state index contributed by atoms with van der Waals surface area (Å²) in [7, 11) is 0. The molecule has 24 heavy (non-hydrogen) atoms. The molecule has 0 atom stereocenters. The van der Waals surface area contributed by atoms with E-state index in [1.54, 1.807) is 11.3 Å². The molecule has 0 spiro atoms. The molecule has 0 saturated carbocycles. The largest absolute Gasteiger partial charge is 0.396 e. The Morgan fingerprint density at radius 1 is 1.25 bits per heavy atom. The van der Waals surface area contributed by atoms with Crippen LogP contribution in [0.2, 0.25) is 5.02 Å². The van der Waals surface area contributed by atoms with Gasteiger partial charge in [0.1, 0.15) is 0 Å². The Bertz CT molecular complexity index is 698. The molecular formula is C17H22ClN3O2S. The molecule has 2 aromatic rings. The van der Waals surface area contributed by atoms with Crippen LogP contribution in [-0.4, -0.2) is 60.3 Å². The summed E-state index contributed by atoms with van der Waals surface area (Å²) in [6.07, 6.45) is 0.788. The van der Waals surface area contributed by atoms with Crippen molar-refractivity contribution in [3.63, 3.8) is 0 Å². The van der Waals surface area contributed by atoms with Gasteiger partial charge in [0.25, 0.3) is 0 Å². The van der Waals surface area contributed by atoms with Gasteiger partial charge in [0.15, 0.2) is 0 Å². The third-order valence-corrected chi connectivity index (χ3v) is 6.01. The summed E-state index contributed by atoms with van der Waals surface area (Å²) in [6.45, 7) is 4.73. The monoisotopic (exact) mass is 367 g/mol. The van der Waals surface area contributed by atoms with E-state index < -0.39 is 0 Å². The summed E-state index contributed by atoms with van der Waals surface area (Å²) in [4.78, 5) is 17.5. The van der Waals surface area contributed by atoms with Crippen molar-refractivity contribution in [1.29, 1.82) is 0 Å². The highest BCUT2D eigenvalue weighted by molar-refractivity contribution is 7.19. The van der Waals surface area contributed by atoms with Gasteiger partial charge in [-0.25, -0.2) is 4.79 Å². The average Bonchev–Trinajstić information content (AvgIpc) is 2.94. The van der Waals surface area contributed by atoms with Gasteiger partial charge in [0, 0.05) is 54.3 Å². The second-order valence-corrected chi connectivity index (χ2v) is 7.41. The Balaban J connectivity index is 1.51. The van der Waals surface area contributed by atoms with Crippen molar-refractivity contribution < 1.29 is 9.90 Å². The highest BCUT2D eigenvalue weighted by Gasteiger charge is 2.21. The number of thiophene rings is 1. The molecule has 2 amide bonds. The molecule has 7 heteroatoms. The fourth-order valence-corrected chi connectivity index (χ4v) is 4.35. The SMILES string of the molecule is O=C(NCc1sc2ccccc2c1Cl)N1CCN(CCCO)CC1. The first-order valence-corrected chi connectivity index (χ1v) is 9.40. The zero-order valence-corrected chi connectivity index (χ0v) is 15.1. The number of rotatable bonds is 5. The maximum absolute atomic E-state index is 12.3. The molecule has 1 aliphatic heterocycles. The molecule has 0 aliphatic carbocycles. The van der Waals surface area contributed by atoms with Gasteiger partial charge in [0.05, 0.1) is 11.6 Å². The Morgan fingerprint density at radius 3 is 2.71 bits per heavy atom. The molecule has 0 radical (unpaired) electrons. The van der Waals surface area contributed by atoms with Crippen molar-refractivity contribution in [1.82, 2.24) is 15.1 Å². The molecule has 0 unspecified atom stereocenters. The van der Waals surface area contributed by atoms with Gasteiger partial charge in [-0.1, -0.05) is 29.8 Å². The molecule has 1 aromatic carbocycles. The Labute approximate surface area is 150 Å². The van der Waals surface area contributed by atoms with E-state index in [0.29, 0.717) is 6.54 Å². The highest BCUT2D eigenvalue weighted by Crippen LogP contribution is 2.34. The number of benzene rings is 1. The number of aliphatic hydroxyl groups is 1. The van der Waals surface area contributed by atoms with Crippen LogP contribution in [0.1, 0.15) is 11.3 Å². The predicted molar refractivity (Wildman–Crippen MR) is 98.8 cm³/mol. The molecule has 2 heterocycles. The van der Waals surface area contributed by atoms with Gasteiger partial charge < -0.3 is 15.3 Å². The zero-order valence-electron chi connectivity index (χ0n) is 13.5. The van der Waals surface area contributed by atoms with Gasteiger partial charge in [-0.05, 0) is 12.5 Å². The minimum Gasteiger partial charge on any atom is -0.396 e. The molecule has 0 bridgehead atoms. The standard InChI is InChI=1S/C17H22ClN3O2S/c18-16-13-4-1-2-5-14(13)24-15(16)12-19-17(23)21-9-7-20(8-10-21)6-3-11-22/h1-2,4-5,22H,3,6-12H2,(H,19,23). The number of hydrogen-bond donors (Lipinski definition) is 2. The number of carbonyl (C=O) groups excluding carboxylic acids is 1. The molecule has 5 nitrogen and oxygen atoms in total. The van der Waals surface area contributed by atoms with E-state index in [1.807, 2.05) is 29.2 Å². The van der Waals surface area contributed by atoms with Crippen molar-refractivity contribution in [2.45, 2.75) is 13.0 Å². The number of amides is 2. The number of halogens is 1. The van der Waals surface area contributed by atoms with Crippen LogP contribution < -0.4 is 5.32 Å². The van der Waals surface area contributed by atoms with Crippen LogP contribution >= 0.6 is 22.9 Å². The van der Waals surface area contributed by atoms with Gasteiger partial charge >= 0.3 is 6.03 Å². The lowest BCUT2D eigenvalue weighted by Gasteiger charge is -2.34. The van der Waals surface area contributed by atoms with E-state index in [2.05, 4.69) is 10.2 Å². The summed E-state index contributed by atoms with van der Waals surface area (Å²) < 4.78 is 1.14. The number of piperazine rings is 1. The van der Waals surface area contributed by atoms with Crippen molar-refractivity contribution in [3.8, 4) is 0 Å². The maximum atomic E-state index is 12.3. The van der Waals surface area contributed by atoms with Crippen LogP contribution in [0.3, 0.4) is 0 Å². The van der Waals surface area contributed by atoms with Gasteiger partial charge in [-0.3, -0.25) is 4.90 Å². The number of hydrogen-bond acceptors (Lipinski definition) is 4. The Morgan fingerprint density at radius 2 is 2.00 bits per heavy atom. The van der Waals surface area contributed by atoms with Crippen molar-refractivity contribution in [3.05, 3.63) is 34.2 Å². The molecule has 130 valence electrons. The number of urea groups is 1. The van der Waals surface area contributed by atoms with Crippen LogP contribution in [0, 0.1) is 0 Å². The van der Waals surface area contributed by atoms with Gasteiger partial charge in [-0.15, -0.1) is 11.3 Å². The third-order valence-electron chi connectivity index (χ3n) is 4.29. The van der Waals surface area contributed by atoms with E-state index in [0.717, 1.165) is 59.1 Å². The van der Waals surface area contributed by atoms with Crippen LogP contribution in [0.25, 0.3) is 10.1 Å². The molecule has 1 aromatic heterocycles. The summed E-state index contributed by atoms with van der Waals surface area (Å²) >= 11 is 8.04. The molecule has 3 rings (SSSR count). The van der Waals surface area contributed by atoms with Crippen LogP contribution in [-0.2, 0) is 6.54 Å². The lowest BCUT2D eigenvalue weighted by molar-refractivity contribution is 0.132. The predicted octanol–water partition coefficient (Wildman–Crippen LogP) is 2.76. The average molecular weight is 368 g/mol. The van der Waals surface area contributed by atoms with Crippen LogP contribution in [0.15, 0.2) is 24.3 Å². The third kappa shape index (κ3) is 4.00. The molecular weight excluding hydrogens is 346 g/mol. The van der Waals surface area contributed by atoms with Crippen molar-refractivity contribution in [2.75, 3.05) is 39.3 Å². The second-order valence-electron chi connectivity index (χ2n) is 5.90. The van der Waals surface area contributed by atoms with Crippen molar-refractivity contribution >= 4 is 39.1 Å². The minimum atomic E-state index is -0.0367. The number of nitrogens with one attached hydrogen (secondary N) is 1. The second kappa shape index (κ2) is 8.16. The van der Waals surface area contributed by atoms with Gasteiger partial charge in [-0.2, -0.15) is 0 Å². The van der Waals surface area contributed by atoms with E-state index in [1.165, 1.54) is 0 Å². The van der Waals surface area contributed by atoms with Gasteiger partial charge in [0.2, 0.25) is 0 Å². The zero-order chi connectivity index (χ0) is 16.9. The minimum absolute atomic E-state index is 0.0367. The lowest BCUT2D eigenvalue weighted by Crippen LogP contribution is -2.51. The Kier molecular flexibility index (Phi) is 5.94. The summed E-state index contributed by atoms with van der Waals surface area (Å²) in [5.41, 5.74) is 0. The van der Waals surface area contributed by atoms with Crippen LogP contribution in [0.5, 0.6) is 0 Å². The first kappa shape index (κ1) is 17.5.